The molecule has 1 heterocycles. The number of guanidine groups is 1. The van der Waals surface area contributed by atoms with Crippen molar-refractivity contribution in [1.29, 1.82) is 0 Å². The van der Waals surface area contributed by atoms with Crippen molar-refractivity contribution in [3.63, 3.8) is 0 Å². The van der Waals surface area contributed by atoms with E-state index in [0.717, 1.165) is 24.5 Å². The highest BCUT2D eigenvalue weighted by atomic mass is 127. The SMILES string of the molecule is CN=C(NCCSCc1ccc(C)cc1)NCCN1C(=O)C2C3C=CC(C3)C2C1=O.I. The van der Waals surface area contributed by atoms with Crippen molar-refractivity contribution >= 4 is 53.5 Å². The van der Waals surface area contributed by atoms with Crippen molar-refractivity contribution in [2.24, 2.45) is 28.7 Å². The minimum atomic E-state index is -0.115. The number of hydrogen-bond donors (Lipinski definition) is 2. The van der Waals surface area contributed by atoms with E-state index < -0.39 is 0 Å². The number of carbonyl (C=O) groups is 2. The van der Waals surface area contributed by atoms with Gasteiger partial charge in [-0.3, -0.25) is 19.5 Å². The molecule has 1 aliphatic heterocycles. The lowest BCUT2D eigenvalue weighted by atomic mass is 9.85. The number of hydrogen-bond acceptors (Lipinski definition) is 4. The van der Waals surface area contributed by atoms with Gasteiger partial charge in [0.1, 0.15) is 0 Å². The quantitative estimate of drug-likeness (QED) is 0.129. The third-order valence-corrected chi connectivity index (χ3v) is 7.37. The van der Waals surface area contributed by atoms with E-state index in [1.54, 1.807) is 7.05 Å². The van der Waals surface area contributed by atoms with Crippen LogP contribution in [-0.2, 0) is 15.3 Å². The number of likely N-dealkylation sites (tertiary alicyclic amines) is 1. The molecule has 2 bridgehead atoms. The molecular weight excluding hydrogens is 523 g/mol. The maximum absolute atomic E-state index is 12.7. The lowest BCUT2D eigenvalue weighted by molar-refractivity contribution is -0.140. The molecule has 2 amide bonds. The largest absolute Gasteiger partial charge is 0.356 e. The van der Waals surface area contributed by atoms with Crippen LogP contribution < -0.4 is 10.6 Å². The molecule has 8 heteroatoms. The standard InChI is InChI=1S/C23H30N4O2S.HI/c1-15-3-5-16(6-4-15)14-30-12-10-26-23(24-2)25-9-11-27-21(28)19-17-7-8-18(13-17)20(19)22(27)29;/h3-8,17-20H,9-14H2,1-2H3,(H2,24,25,26);1H. The van der Waals surface area contributed by atoms with Gasteiger partial charge in [-0.25, -0.2) is 0 Å². The Balaban J connectivity index is 0.00000272. The summed E-state index contributed by atoms with van der Waals surface area (Å²) >= 11 is 1.88. The first-order chi connectivity index (χ1) is 14.6. The number of amides is 2. The van der Waals surface area contributed by atoms with E-state index in [-0.39, 0.29) is 59.5 Å². The lowest BCUT2D eigenvalue weighted by Gasteiger charge is -2.18. The summed E-state index contributed by atoms with van der Waals surface area (Å²) in [4.78, 5) is 31.1. The molecule has 4 rings (SSSR count). The summed E-state index contributed by atoms with van der Waals surface area (Å²) in [7, 11) is 1.73. The lowest BCUT2D eigenvalue weighted by Crippen LogP contribution is -2.44. The summed E-state index contributed by atoms with van der Waals surface area (Å²) < 4.78 is 0. The molecule has 1 aromatic rings. The Kier molecular flexibility index (Phi) is 8.43. The van der Waals surface area contributed by atoms with Crippen LogP contribution in [0.15, 0.2) is 41.4 Å². The monoisotopic (exact) mass is 554 g/mol. The molecule has 2 aliphatic carbocycles. The molecule has 1 saturated heterocycles. The molecule has 4 atom stereocenters. The molecule has 0 spiro atoms. The van der Waals surface area contributed by atoms with Crippen LogP contribution in [0.5, 0.6) is 0 Å². The highest BCUT2D eigenvalue weighted by molar-refractivity contribution is 14.0. The highest BCUT2D eigenvalue weighted by Gasteiger charge is 2.58. The van der Waals surface area contributed by atoms with E-state index >= 15 is 0 Å². The van der Waals surface area contributed by atoms with E-state index in [1.807, 2.05) is 11.8 Å². The maximum Gasteiger partial charge on any atom is 0.233 e. The molecule has 2 N–H and O–H groups in total. The predicted octanol–water partition coefficient (Wildman–Crippen LogP) is 2.82. The second kappa shape index (κ2) is 10.8. The number of rotatable bonds is 8. The Bertz CT molecular complexity index is 828. The molecule has 0 radical (unpaired) electrons. The molecule has 168 valence electrons. The van der Waals surface area contributed by atoms with E-state index in [0.29, 0.717) is 19.0 Å². The Morgan fingerprint density at radius 2 is 1.68 bits per heavy atom. The number of imide groups is 1. The Morgan fingerprint density at radius 1 is 1.06 bits per heavy atom. The highest BCUT2D eigenvalue weighted by Crippen LogP contribution is 2.52. The maximum atomic E-state index is 12.7. The molecule has 1 saturated carbocycles. The van der Waals surface area contributed by atoms with Gasteiger partial charge in [0.25, 0.3) is 0 Å². The fourth-order valence-corrected chi connectivity index (χ4v) is 5.63. The number of aryl methyl sites for hydroxylation is 1. The number of aliphatic imine (C=N–C) groups is 1. The van der Waals surface area contributed by atoms with Crippen LogP contribution in [-0.4, -0.2) is 55.1 Å². The number of thioether (sulfide) groups is 1. The summed E-state index contributed by atoms with van der Waals surface area (Å²) in [6.45, 7) is 3.81. The van der Waals surface area contributed by atoms with Crippen molar-refractivity contribution in [2.45, 2.75) is 19.1 Å². The molecule has 1 aromatic carbocycles. The normalized spacial score (nSPS) is 26.3. The average molecular weight is 554 g/mol. The van der Waals surface area contributed by atoms with E-state index in [1.165, 1.54) is 16.0 Å². The van der Waals surface area contributed by atoms with E-state index in [9.17, 15) is 9.59 Å². The summed E-state index contributed by atoms with van der Waals surface area (Å²) in [5, 5.41) is 6.52. The number of benzene rings is 1. The van der Waals surface area contributed by atoms with Gasteiger partial charge in [-0.2, -0.15) is 11.8 Å². The molecule has 0 aromatic heterocycles. The zero-order chi connectivity index (χ0) is 21.1. The first-order valence-electron chi connectivity index (χ1n) is 10.7. The number of halogens is 1. The van der Waals surface area contributed by atoms with Crippen LogP contribution in [0.25, 0.3) is 0 Å². The van der Waals surface area contributed by atoms with Crippen LogP contribution in [0.1, 0.15) is 17.5 Å². The zero-order valence-electron chi connectivity index (χ0n) is 18.0. The Hall–Kier alpha value is -1.55. The topological polar surface area (TPSA) is 73.8 Å². The molecule has 4 unspecified atom stereocenters. The van der Waals surface area contributed by atoms with Crippen LogP contribution in [0.2, 0.25) is 0 Å². The van der Waals surface area contributed by atoms with Crippen LogP contribution >= 0.6 is 35.7 Å². The number of fused-ring (bicyclic) bond motifs is 5. The fourth-order valence-electron chi connectivity index (χ4n) is 4.81. The third kappa shape index (κ3) is 5.27. The van der Waals surface area contributed by atoms with Gasteiger partial charge in [0.2, 0.25) is 11.8 Å². The Labute approximate surface area is 205 Å². The first-order valence-corrected chi connectivity index (χ1v) is 11.9. The van der Waals surface area contributed by atoms with Crippen LogP contribution in [0.4, 0.5) is 0 Å². The summed E-state index contributed by atoms with van der Waals surface area (Å²) in [6.07, 6.45) is 5.22. The van der Waals surface area contributed by atoms with Gasteiger partial charge in [0.05, 0.1) is 11.8 Å². The molecular formula is C23H31IN4O2S. The fraction of sp³-hybridized carbons (Fsp3) is 0.522. The van der Waals surface area contributed by atoms with Gasteiger partial charge < -0.3 is 10.6 Å². The van der Waals surface area contributed by atoms with E-state index in [2.05, 4.69) is 59.0 Å². The molecule has 31 heavy (non-hydrogen) atoms. The number of nitrogens with one attached hydrogen (secondary N) is 2. The van der Waals surface area contributed by atoms with Gasteiger partial charge in [0, 0.05) is 38.2 Å². The van der Waals surface area contributed by atoms with Crippen LogP contribution in [0, 0.1) is 30.6 Å². The van der Waals surface area contributed by atoms with Gasteiger partial charge in [0.15, 0.2) is 5.96 Å². The summed E-state index contributed by atoms with van der Waals surface area (Å²) in [6, 6.07) is 8.63. The van der Waals surface area contributed by atoms with Crippen molar-refractivity contribution in [3.05, 3.63) is 47.5 Å². The summed E-state index contributed by atoms with van der Waals surface area (Å²) in [5.74, 6) is 2.99. The second-order valence-corrected chi connectivity index (χ2v) is 9.40. The zero-order valence-corrected chi connectivity index (χ0v) is 21.2. The van der Waals surface area contributed by atoms with Gasteiger partial charge in [-0.15, -0.1) is 24.0 Å². The van der Waals surface area contributed by atoms with Crippen LogP contribution in [0.3, 0.4) is 0 Å². The second-order valence-electron chi connectivity index (χ2n) is 8.29. The predicted molar refractivity (Wildman–Crippen MR) is 137 cm³/mol. The summed E-state index contributed by atoms with van der Waals surface area (Å²) in [5.41, 5.74) is 2.62. The molecule has 2 fully saturated rings. The number of allylic oxidation sites excluding steroid dienone is 2. The van der Waals surface area contributed by atoms with Gasteiger partial charge >= 0.3 is 0 Å². The first kappa shape index (κ1) is 24.1. The Morgan fingerprint density at radius 3 is 2.29 bits per heavy atom. The minimum Gasteiger partial charge on any atom is -0.356 e. The van der Waals surface area contributed by atoms with E-state index in [4.69, 9.17) is 0 Å². The van der Waals surface area contributed by atoms with Gasteiger partial charge in [-0.05, 0) is 30.7 Å². The van der Waals surface area contributed by atoms with Crippen molar-refractivity contribution in [1.82, 2.24) is 15.5 Å². The van der Waals surface area contributed by atoms with Crippen molar-refractivity contribution in [2.75, 3.05) is 32.4 Å². The number of carbonyl (C=O) groups excluding carboxylic acids is 2. The minimum absolute atomic E-state index is 0. The van der Waals surface area contributed by atoms with Crippen molar-refractivity contribution in [3.8, 4) is 0 Å². The smallest absolute Gasteiger partial charge is 0.233 e. The number of nitrogens with zero attached hydrogens (tertiary/aromatic N) is 2. The third-order valence-electron chi connectivity index (χ3n) is 6.34. The van der Waals surface area contributed by atoms with Crippen molar-refractivity contribution < 1.29 is 9.59 Å². The average Bonchev–Trinajstić information content (AvgIpc) is 3.43. The molecule has 3 aliphatic rings. The molecule has 6 nitrogen and oxygen atoms in total. The van der Waals surface area contributed by atoms with Gasteiger partial charge in [-0.1, -0.05) is 42.0 Å².